The van der Waals surface area contributed by atoms with Crippen LogP contribution < -0.4 is 0 Å². The second kappa shape index (κ2) is 12.6. The fourth-order valence-corrected chi connectivity index (χ4v) is 4.49. The van der Waals surface area contributed by atoms with Crippen LogP contribution in [0, 0.1) is 0 Å². The number of rotatable bonds is 15. The topological polar surface area (TPSA) is 71.3 Å². The number of unbranched alkanes of at least 4 members (excludes halogenated alkanes) is 8. The van der Waals surface area contributed by atoms with Crippen LogP contribution in [0.5, 0.6) is 0 Å². The summed E-state index contributed by atoms with van der Waals surface area (Å²) in [6.07, 6.45) is 13.0. The standard InChI is InChI=1S/C15H32N4O3Si/c1-20-23(21-2,22-3)14-12-10-8-6-4-5-7-9-11-13-19-15-16-17-18-19/h15H,4-14H2,1-3H3. The minimum atomic E-state index is -2.35. The van der Waals surface area contributed by atoms with Crippen LogP contribution in [0.3, 0.4) is 0 Å². The number of hydrogen-bond donors (Lipinski definition) is 0. The van der Waals surface area contributed by atoms with Crippen molar-refractivity contribution >= 4 is 8.80 Å². The predicted octanol–water partition coefficient (Wildman–Crippen LogP) is 3.06. The smallest absolute Gasteiger partial charge is 0.377 e. The van der Waals surface area contributed by atoms with E-state index in [0.717, 1.165) is 25.4 Å². The largest absolute Gasteiger partial charge is 0.500 e. The zero-order valence-electron chi connectivity index (χ0n) is 14.9. The highest BCUT2D eigenvalue weighted by Gasteiger charge is 2.36. The van der Waals surface area contributed by atoms with Crippen LogP contribution >= 0.6 is 0 Å². The first-order valence-electron chi connectivity index (χ1n) is 8.62. The van der Waals surface area contributed by atoms with Crippen LogP contribution in [0.4, 0.5) is 0 Å². The van der Waals surface area contributed by atoms with E-state index in [9.17, 15) is 0 Å². The Balaban J connectivity index is 1.86. The summed E-state index contributed by atoms with van der Waals surface area (Å²) in [5.74, 6) is 0. The van der Waals surface area contributed by atoms with Crippen LogP contribution in [-0.4, -0.2) is 50.3 Å². The van der Waals surface area contributed by atoms with Crippen molar-refractivity contribution in [2.24, 2.45) is 0 Å². The number of aromatic nitrogens is 4. The lowest BCUT2D eigenvalue weighted by Crippen LogP contribution is -2.42. The van der Waals surface area contributed by atoms with Crippen molar-refractivity contribution in [3.8, 4) is 0 Å². The number of hydrogen-bond acceptors (Lipinski definition) is 6. The Morgan fingerprint density at radius 3 is 1.78 bits per heavy atom. The van der Waals surface area contributed by atoms with Gasteiger partial charge in [0.1, 0.15) is 6.33 Å². The van der Waals surface area contributed by atoms with Crippen LogP contribution in [-0.2, 0) is 19.8 Å². The predicted molar refractivity (Wildman–Crippen MR) is 91.0 cm³/mol. The van der Waals surface area contributed by atoms with Gasteiger partial charge in [-0.15, -0.1) is 5.10 Å². The van der Waals surface area contributed by atoms with Gasteiger partial charge in [0.15, 0.2) is 0 Å². The molecule has 0 radical (unpaired) electrons. The Morgan fingerprint density at radius 2 is 1.30 bits per heavy atom. The lowest BCUT2D eigenvalue weighted by atomic mass is 10.1. The Bertz CT molecular complexity index is 367. The van der Waals surface area contributed by atoms with Gasteiger partial charge in [0.05, 0.1) is 0 Å². The summed E-state index contributed by atoms with van der Waals surface area (Å²) in [4.78, 5) is 0. The van der Waals surface area contributed by atoms with Crippen LogP contribution in [0.1, 0.15) is 57.8 Å². The van der Waals surface area contributed by atoms with Crippen LogP contribution in [0.25, 0.3) is 0 Å². The van der Waals surface area contributed by atoms with Crippen molar-refractivity contribution in [2.75, 3.05) is 21.3 Å². The van der Waals surface area contributed by atoms with E-state index >= 15 is 0 Å². The van der Waals surface area contributed by atoms with E-state index < -0.39 is 8.80 Å². The summed E-state index contributed by atoms with van der Waals surface area (Å²) in [5, 5.41) is 11.1. The van der Waals surface area contributed by atoms with E-state index in [1.165, 1.54) is 44.9 Å². The van der Waals surface area contributed by atoms with Gasteiger partial charge in [0, 0.05) is 33.9 Å². The molecule has 0 bridgehead atoms. The molecule has 0 N–H and O–H groups in total. The summed E-state index contributed by atoms with van der Waals surface area (Å²) in [7, 11) is 2.69. The molecule has 0 saturated carbocycles. The third-order valence-electron chi connectivity index (χ3n) is 4.19. The molecule has 1 aromatic heterocycles. The van der Waals surface area contributed by atoms with Gasteiger partial charge in [-0.05, 0) is 23.3 Å². The highest BCUT2D eigenvalue weighted by atomic mass is 28.4. The van der Waals surface area contributed by atoms with Gasteiger partial charge in [-0.3, -0.25) is 0 Å². The molecule has 134 valence electrons. The molecule has 0 aromatic carbocycles. The van der Waals surface area contributed by atoms with Crippen LogP contribution in [0.2, 0.25) is 6.04 Å². The first-order valence-corrected chi connectivity index (χ1v) is 10.6. The van der Waals surface area contributed by atoms with E-state index in [1.54, 1.807) is 32.3 Å². The summed E-state index contributed by atoms with van der Waals surface area (Å²) < 4.78 is 18.1. The molecule has 0 aliphatic heterocycles. The minimum absolute atomic E-state index is 0.910. The Labute approximate surface area is 141 Å². The van der Waals surface area contributed by atoms with E-state index in [4.69, 9.17) is 13.3 Å². The van der Waals surface area contributed by atoms with Crippen molar-refractivity contribution in [3.05, 3.63) is 6.33 Å². The van der Waals surface area contributed by atoms with Crippen molar-refractivity contribution in [1.82, 2.24) is 20.2 Å². The molecule has 0 unspecified atom stereocenters. The molecule has 0 aliphatic carbocycles. The summed E-state index contributed by atoms with van der Waals surface area (Å²) in [5.41, 5.74) is 0. The van der Waals surface area contributed by atoms with E-state index in [2.05, 4.69) is 15.5 Å². The molecule has 0 amide bonds. The number of nitrogens with zero attached hydrogens (tertiary/aromatic N) is 4. The maximum absolute atomic E-state index is 5.43. The second-order valence-electron chi connectivity index (χ2n) is 5.80. The molecule has 7 nitrogen and oxygen atoms in total. The number of aryl methyl sites for hydroxylation is 1. The van der Waals surface area contributed by atoms with Crippen LogP contribution in [0.15, 0.2) is 6.33 Å². The monoisotopic (exact) mass is 344 g/mol. The zero-order chi connectivity index (χ0) is 16.8. The van der Waals surface area contributed by atoms with Gasteiger partial charge < -0.3 is 13.3 Å². The quantitative estimate of drug-likeness (QED) is 0.360. The van der Waals surface area contributed by atoms with Gasteiger partial charge in [-0.25, -0.2) is 4.68 Å². The maximum atomic E-state index is 5.43. The molecule has 23 heavy (non-hydrogen) atoms. The van der Waals surface area contributed by atoms with Gasteiger partial charge in [-0.1, -0.05) is 44.9 Å². The van der Waals surface area contributed by atoms with Crippen molar-refractivity contribution in [3.63, 3.8) is 0 Å². The van der Waals surface area contributed by atoms with Gasteiger partial charge >= 0.3 is 8.80 Å². The molecule has 1 rings (SSSR count). The molecule has 1 heterocycles. The van der Waals surface area contributed by atoms with Crippen molar-refractivity contribution < 1.29 is 13.3 Å². The van der Waals surface area contributed by atoms with Gasteiger partial charge in [0.2, 0.25) is 0 Å². The second-order valence-corrected chi connectivity index (χ2v) is 8.89. The lowest BCUT2D eigenvalue weighted by Gasteiger charge is -2.24. The molecular formula is C15H32N4O3Si. The third-order valence-corrected chi connectivity index (χ3v) is 7.03. The minimum Gasteiger partial charge on any atom is -0.377 e. The molecular weight excluding hydrogens is 312 g/mol. The maximum Gasteiger partial charge on any atom is 0.500 e. The normalized spacial score (nSPS) is 12.0. The summed E-state index contributed by atoms with van der Waals surface area (Å²) in [6.45, 7) is 0.928. The average Bonchev–Trinajstić information content (AvgIpc) is 3.10. The molecule has 8 heteroatoms. The molecule has 0 fully saturated rings. The Kier molecular flexibility index (Phi) is 11.0. The average molecular weight is 345 g/mol. The third kappa shape index (κ3) is 8.54. The molecule has 0 atom stereocenters. The van der Waals surface area contributed by atoms with Crippen molar-refractivity contribution in [1.29, 1.82) is 0 Å². The fourth-order valence-electron chi connectivity index (χ4n) is 2.69. The Hall–Kier alpha value is -0.833. The highest BCUT2D eigenvalue weighted by molar-refractivity contribution is 6.60. The first kappa shape index (κ1) is 20.2. The fraction of sp³-hybridized carbons (Fsp3) is 0.933. The van der Waals surface area contributed by atoms with Gasteiger partial charge in [-0.2, -0.15) is 0 Å². The number of tetrazole rings is 1. The molecule has 0 aliphatic rings. The SMILES string of the molecule is CO[Si](CCCCCCCCCCCn1cnnn1)(OC)OC. The molecule has 0 spiro atoms. The summed E-state index contributed by atoms with van der Waals surface area (Å²) in [6, 6.07) is 0.910. The highest BCUT2D eigenvalue weighted by Crippen LogP contribution is 2.18. The van der Waals surface area contributed by atoms with Gasteiger partial charge in [0.25, 0.3) is 0 Å². The lowest BCUT2D eigenvalue weighted by molar-refractivity contribution is 0.122. The van der Waals surface area contributed by atoms with E-state index in [1.807, 2.05) is 0 Å². The Morgan fingerprint density at radius 1 is 0.783 bits per heavy atom. The zero-order valence-corrected chi connectivity index (χ0v) is 15.9. The molecule has 1 aromatic rings. The van der Waals surface area contributed by atoms with E-state index in [0.29, 0.717) is 0 Å². The summed E-state index contributed by atoms with van der Waals surface area (Å²) >= 11 is 0. The van der Waals surface area contributed by atoms with Crippen molar-refractivity contribution in [2.45, 2.75) is 70.4 Å². The van der Waals surface area contributed by atoms with E-state index in [-0.39, 0.29) is 0 Å². The molecule has 0 saturated heterocycles. The first-order chi connectivity index (χ1) is 11.3.